The van der Waals surface area contributed by atoms with E-state index in [-0.39, 0.29) is 12.3 Å². The Bertz CT molecular complexity index is 388. The van der Waals surface area contributed by atoms with Crippen molar-refractivity contribution in [2.45, 2.75) is 6.92 Å². The van der Waals surface area contributed by atoms with E-state index in [1.807, 2.05) is 0 Å². The molecule has 0 spiro atoms. The molecule has 1 rings (SSSR count). The van der Waals surface area contributed by atoms with Gasteiger partial charge in [-0.2, -0.15) is 0 Å². The molecule has 0 saturated heterocycles. The maximum Gasteiger partial charge on any atom is 0.332 e. The lowest BCUT2D eigenvalue weighted by Crippen LogP contribution is -2.05. The second-order valence-electron chi connectivity index (χ2n) is 2.86. The van der Waals surface area contributed by atoms with E-state index in [1.165, 1.54) is 18.2 Å². The molecule has 15 heavy (non-hydrogen) atoms. The summed E-state index contributed by atoms with van der Waals surface area (Å²) in [7, 11) is 0. The molecule has 4 heteroatoms. The molecule has 0 aromatic heterocycles. The van der Waals surface area contributed by atoms with Crippen molar-refractivity contribution < 1.29 is 13.9 Å². The number of halogens is 1. The van der Waals surface area contributed by atoms with Crippen LogP contribution in [0.25, 0.3) is 5.70 Å². The quantitative estimate of drug-likeness (QED) is 0.608. The van der Waals surface area contributed by atoms with Crippen molar-refractivity contribution in [1.82, 2.24) is 0 Å². The van der Waals surface area contributed by atoms with E-state index in [2.05, 4.69) is 4.74 Å². The van der Waals surface area contributed by atoms with Crippen LogP contribution < -0.4 is 5.73 Å². The summed E-state index contributed by atoms with van der Waals surface area (Å²) in [4.78, 5) is 11.0. The van der Waals surface area contributed by atoms with Crippen LogP contribution in [0, 0.1) is 5.82 Å². The summed E-state index contributed by atoms with van der Waals surface area (Å²) >= 11 is 0. The predicted octanol–water partition coefficient (Wildman–Crippen LogP) is 1.69. The third-order valence-corrected chi connectivity index (χ3v) is 1.72. The molecule has 1 aromatic carbocycles. The lowest BCUT2D eigenvalue weighted by atomic mass is 10.1. The van der Waals surface area contributed by atoms with Crippen molar-refractivity contribution in [2.75, 3.05) is 6.61 Å². The summed E-state index contributed by atoms with van der Waals surface area (Å²) in [6.45, 7) is 1.98. The van der Waals surface area contributed by atoms with Gasteiger partial charge in [0.05, 0.1) is 6.61 Å². The van der Waals surface area contributed by atoms with Crippen LogP contribution in [0.1, 0.15) is 12.5 Å². The first-order valence-corrected chi connectivity index (χ1v) is 4.53. The first-order valence-electron chi connectivity index (χ1n) is 4.53. The Morgan fingerprint density at radius 3 is 2.93 bits per heavy atom. The van der Waals surface area contributed by atoms with Crippen LogP contribution >= 0.6 is 0 Å². The fourth-order valence-electron chi connectivity index (χ4n) is 1.06. The molecule has 3 nitrogen and oxygen atoms in total. The van der Waals surface area contributed by atoms with Gasteiger partial charge in [-0.25, -0.2) is 9.18 Å². The largest absolute Gasteiger partial charge is 0.463 e. The minimum absolute atomic E-state index is 0.188. The standard InChI is InChI=1S/C11H12FNO2/c1-2-15-11(14)7-10(13)8-4-3-5-9(12)6-8/h3-7H,2,13H2,1H3/b10-7+. The normalized spacial score (nSPS) is 11.2. The van der Waals surface area contributed by atoms with E-state index < -0.39 is 11.8 Å². The summed E-state index contributed by atoms with van der Waals surface area (Å²) in [6, 6.07) is 5.71. The Kier molecular flexibility index (Phi) is 3.85. The van der Waals surface area contributed by atoms with Gasteiger partial charge in [-0.05, 0) is 19.1 Å². The van der Waals surface area contributed by atoms with Crippen molar-refractivity contribution in [3.63, 3.8) is 0 Å². The molecule has 0 atom stereocenters. The fourth-order valence-corrected chi connectivity index (χ4v) is 1.06. The topological polar surface area (TPSA) is 52.3 Å². The third kappa shape index (κ3) is 3.42. The highest BCUT2D eigenvalue weighted by molar-refractivity contribution is 5.90. The maximum absolute atomic E-state index is 12.8. The Labute approximate surface area is 87.3 Å². The Morgan fingerprint density at radius 2 is 2.33 bits per heavy atom. The molecule has 0 aliphatic rings. The monoisotopic (exact) mass is 209 g/mol. The van der Waals surface area contributed by atoms with E-state index in [9.17, 15) is 9.18 Å². The number of rotatable bonds is 3. The van der Waals surface area contributed by atoms with E-state index in [4.69, 9.17) is 5.73 Å². The van der Waals surface area contributed by atoms with Gasteiger partial charge >= 0.3 is 5.97 Å². The van der Waals surface area contributed by atoms with Gasteiger partial charge in [0.2, 0.25) is 0 Å². The molecule has 0 fully saturated rings. The maximum atomic E-state index is 12.8. The van der Waals surface area contributed by atoms with Gasteiger partial charge in [0.15, 0.2) is 0 Å². The molecule has 0 saturated carbocycles. The van der Waals surface area contributed by atoms with Crippen LogP contribution in [-0.4, -0.2) is 12.6 Å². The second kappa shape index (κ2) is 5.14. The van der Waals surface area contributed by atoms with Crippen molar-refractivity contribution >= 4 is 11.7 Å². The zero-order chi connectivity index (χ0) is 11.3. The predicted molar refractivity (Wildman–Crippen MR) is 55.2 cm³/mol. The fraction of sp³-hybridized carbons (Fsp3) is 0.182. The molecule has 2 N–H and O–H groups in total. The van der Waals surface area contributed by atoms with E-state index in [0.717, 1.165) is 6.08 Å². The van der Waals surface area contributed by atoms with Crippen LogP contribution in [0.3, 0.4) is 0 Å². The summed E-state index contributed by atoms with van der Waals surface area (Å²) in [5.41, 5.74) is 6.24. The number of esters is 1. The van der Waals surface area contributed by atoms with E-state index in [0.29, 0.717) is 5.56 Å². The van der Waals surface area contributed by atoms with Crippen LogP contribution in [0.5, 0.6) is 0 Å². The molecule has 0 aliphatic heterocycles. The number of nitrogens with two attached hydrogens (primary N) is 1. The second-order valence-corrected chi connectivity index (χ2v) is 2.86. The molecular weight excluding hydrogens is 197 g/mol. The summed E-state index contributed by atoms with van der Waals surface area (Å²) in [6.07, 6.45) is 1.14. The van der Waals surface area contributed by atoms with Gasteiger partial charge in [-0.15, -0.1) is 0 Å². The lowest BCUT2D eigenvalue weighted by molar-refractivity contribution is -0.137. The minimum atomic E-state index is -0.528. The average molecular weight is 209 g/mol. The smallest absolute Gasteiger partial charge is 0.332 e. The summed E-state index contributed by atoms with van der Waals surface area (Å²) in [5.74, 6) is -0.924. The van der Waals surface area contributed by atoms with Crippen LogP contribution in [-0.2, 0) is 9.53 Å². The van der Waals surface area contributed by atoms with Gasteiger partial charge in [-0.3, -0.25) is 0 Å². The Hall–Kier alpha value is -1.84. The number of benzene rings is 1. The van der Waals surface area contributed by atoms with Crippen LogP contribution in [0.4, 0.5) is 4.39 Å². The molecular formula is C11H12FNO2. The number of hydrogen-bond acceptors (Lipinski definition) is 3. The zero-order valence-electron chi connectivity index (χ0n) is 8.37. The highest BCUT2D eigenvalue weighted by Gasteiger charge is 2.02. The average Bonchev–Trinajstić information content (AvgIpc) is 2.18. The van der Waals surface area contributed by atoms with Crippen molar-refractivity contribution in [1.29, 1.82) is 0 Å². The van der Waals surface area contributed by atoms with Gasteiger partial charge < -0.3 is 10.5 Å². The molecule has 1 aromatic rings. The van der Waals surface area contributed by atoms with E-state index in [1.54, 1.807) is 13.0 Å². The third-order valence-electron chi connectivity index (χ3n) is 1.72. The number of carbonyl (C=O) groups is 1. The van der Waals surface area contributed by atoms with Crippen LogP contribution in [0.15, 0.2) is 30.3 Å². The highest BCUT2D eigenvalue weighted by Crippen LogP contribution is 2.10. The van der Waals surface area contributed by atoms with Crippen molar-refractivity contribution in [3.8, 4) is 0 Å². The Balaban J connectivity index is 2.84. The zero-order valence-corrected chi connectivity index (χ0v) is 8.37. The number of carbonyl (C=O) groups excluding carboxylic acids is 1. The molecule has 0 radical (unpaired) electrons. The molecule has 0 unspecified atom stereocenters. The van der Waals surface area contributed by atoms with E-state index >= 15 is 0 Å². The summed E-state index contributed by atoms with van der Waals surface area (Å²) < 4.78 is 17.5. The first kappa shape index (κ1) is 11.2. The molecule has 0 amide bonds. The van der Waals surface area contributed by atoms with Gasteiger partial charge in [0.25, 0.3) is 0 Å². The SMILES string of the molecule is CCOC(=O)/C=C(/N)c1cccc(F)c1. The molecule has 0 bridgehead atoms. The molecule has 0 aliphatic carbocycles. The minimum Gasteiger partial charge on any atom is -0.463 e. The van der Waals surface area contributed by atoms with Crippen molar-refractivity contribution in [2.24, 2.45) is 5.73 Å². The Morgan fingerprint density at radius 1 is 1.60 bits per heavy atom. The van der Waals surface area contributed by atoms with Gasteiger partial charge in [-0.1, -0.05) is 12.1 Å². The van der Waals surface area contributed by atoms with Crippen LogP contribution in [0.2, 0.25) is 0 Å². The molecule has 0 heterocycles. The number of hydrogen-bond donors (Lipinski definition) is 1. The lowest BCUT2D eigenvalue weighted by Gasteiger charge is -2.01. The number of ether oxygens (including phenoxy) is 1. The summed E-state index contributed by atoms with van der Waals surface area (Å²) in [5, 5.41) is 0. The first-order chi connectivity index (χ1) is 7.13. The van der Waals surface area contributed by atoms with Crippen molar-refractivity contribution in [3.05, 3.63) is 41.7 Å². The van der Waals surface area contributed by atoms with Gasteiger partial charge in [0, 0.05) is 17.3 Å². The highest BCUT2D eigenvalue weighted by atomic mass is 19.1. The molecule has 80 valence electrons. The van der Waals surface area contributed by atoms with Gasteiger partial charge in [0.1, 0.15) is 5.82 Å².